The average molecular weight is 341 g/mol. The minimum atomic E-state index is -0.968. The van der Waals surface area contributed by atoms with Gasteiger partial charge in [-0.15, -0.1) is 0 Å². The lowest BCUT2D eigenvalue weighted by Gasteiger charge is -2.20. The van der Waals surface area contributed by atoms with E-state index in [1.165, 1.54) is 12.8 Å². The zero-order valence-electron chi connectivity index (χ0n) is 15.4. The van der Waals surface area contributed by atoms with Gasteiger partial charge in [0.1, 0.15) is 17.2 Å². The highest BCUT2D eigenvalue weighted by Crippen LogP contribution is 2.51. The van der Waals surface area contributed by atoms with Crippen LogP contribution >= 0.6 is 0 Å². The summed E-state index contributed by atoms with van der Waals surface area (Å²) >= 11 is 0. The third-order valence-corrected chi connectivity index (χ3v) is 5.56. The van der Waals surface area contributed by atoms with E-state index in [4.69, 9.17) is 4.98 Å². The smallest absolute Gasteiger partial charge is 0.140 e. The van der Waals surface area contributed by atoms with Crippen molar-refractivity contribution in [2.75, 3.05) is 18.4 Å². The first-order chi connectivity index (χ1) is 11.8. The van der Waals surface area contributed by atoms with Crippen LogP contribution in [0.25, 0.3) is 11.3 Å². The van der Waals surface area contributed by atoms with E-state index in [1.807, 2.05) is 30.8 Å². The predicted octanol–water partition coefficient (Wildman–Crippen LogP) is 2.18. The Morgan fingerprint density at radius 1 is 1.32 bits per heavy atom. The molecule has 1 spiro atoms. The number of aromatic nitrogens is 3. The van der Waals surface area contributed by atoms with Gasteiger partial charge in [0.05, 0.1) is 5.69 Å². The SMILES string of the molecule is Cc1nc(N[C@@H]2CNCC23CC3)ccc1-c1cn(C)c(C(C)(C)O)n1. The lowest BCUT2D eigenvalue weighted by atomic mass is 10.0. The summed E-state index contributed by atoms with van der Waals surface area (Å²) in [5.41, 5.74) is 2.28. The van der Waals surface area contributed by atoms with Crippen molar-refractivity contribution in [3.63, 3.8) is 0 Å². The Bertz CT molecular complexity index is 801. The van der Waals surface area contributed by atoms with Gasteiger partial charge in [-0.05, 0) is 45.7 Å². The molecule has 1 atom stereocenters. The van der Waals surface area contributed by atoms with Crippen molar-refractivity contribution >= 4 is 5.82 Å². The van der Waals surface area contributed by atoms with E-state index in [0.717, 1.165) is 35.9 Å². The van der Waals surface area contributed by atoms with E-state index in [2.05, 4.69) is 21.7 Å². The molecule has 0 aromatic carbocycles. The molecule has 4 rings (SSSR count). The molecule has 1 aliphatic heterocycles. The Balaban J connectivity index is 1.58. The summed E-state index contributed by atoms with van der Waals surface area (Å²) in [4.78, 5) is 9.38. The highest BCUT2D eigenvalue weighted by molar-refractivity contribution is 5.63. The van der Waals surface area contributed by atoms with Crippen LogP contribution in [-0.4, -0.2) is 38.8 Å². The number of aliphatic hydroxyl groups is 1. The Kier molecular flexibility index (Phi) is 3.67. The molecular weight excluding hydrogens is 314 g/mol. The molecule has 25 heavy (non-hydrogen) atoms. The molecule has 1 saturated heterocycles. The summed E-state index contributed by atoms with van der Waals surface area (Å²) in [6, 6.07) is 4.58. The number of hydrogen-bond donors (Lipinski definition) is 3. The second kappa shape index (κ2) is 5.54. The number of rotatable bonds is 4. The van der Waals surface area contributed by atoms with Gasteiger partial charge in [0, 0.05) is 49.0 Å². The van der Waals surface area contributed by atoms with Crippen molar-refractivity contribution < 1.29 is 5.11 Å². The monoisotopic (exact) mass is 341 g/mol. The normalized spacial score (nSPS) is 21.7. The summed E-state index contributed by atoms with van der Waals surface area (Å²) in [5, 5.41) is 17.4. The van der Waals surface area contributed by atoms with Gasteiger partial charge in [0.2, 0.25) is 0 Å². The summed E-state index contributed by atoms with van der Waals surface area (Å²) in [5.74, 6) is 1.58. The summed E-state index contributed by atoms with van der Waals surface area (Å²) in [6.07, 6.45) is 4.56. The highest BCUT2D eigenvalue weighted by atomic mass is 16.3. The van der Waals surface area contributed by atoms with Crippen molar-refractivity contribution in [2.24, 2.45) is 12.5 Å². The first-order valence-corrected chi connectivity index (χ1v) is 9.00. The molecule has 0 unspecified atom stereocenters. The molecule has 2 aromatic heterocycles. The van der Waals surface area contributed by atoms with Gasteiger partial charge in [0.15, 0.2) is 0 Å². The second-order valence-corrected chi connectivity index (χ2v) is 8.14. The standard InChI is InChI=1S/C19H27N5O/c1-12-13(14-10-24(4)17(22-14)18(2,3)25)5-6-16(21-12)23-15-9-20-11-19(15)7-8-19/h5-6,10,15,20,25H,7-9,11H2,1-4H3,(H,21,23)/t15-/m1/s1. The summed E-state index contributed by atoms with van der Waals surface area (Å²) in [7, 11) is 1.91. The largest absolute Gasteiger partial charge is 0.383 e. The maximum Gasteiger partial charge on any atom is 0.140 e. The molecule has 6 heteroatoms. The van der Waals surface area contributed by atoms with Crippen LogP contribution in [0.5, 0.6) is 0 Å². The lowest BCUT2D eigenvalue weighted by Crippen LogP contribution is -2.29. The van der Waals surface area contributed by atoms with Gasteiger partial charge in [-0.1, -0.05) is 0 Å². The number of nitrogens with zero attached hydrogens (tertiary/aromatic N) is 3. The Hall–Kier alpha value is -1.92. The number of hydrogen-bond acceptors (Lipinski definition) is 5. The zero-order chi connectivity index (χ0) is 17.8. The molecular formula is C19H27N5O. The van der Waals surface area contributed by atoms with Crippen LogP contribution in [0.2, 0.25) is 0 Å². The van der Waals surface area contributed by atoms with Gasteiger partial charge in [-0.2, -0.15) is 0 Å². The van der Waals surface area contributed by atoms with Crippen LogP contribution in [-0.2, 0) is 12.6 Å². The van der Waals surface area contributed by atoms with Gasteiger partial charge in [-0.25, -0.2) is 9.97 Å². The first-order valence-electron chi connectivity index (χ1n) is 9.00. The molecule has 2 aliphatic rings. The Labute approximate surface area is 148 Å². The van der Waals surface area contributed by atoms with Crippen molar-refractivity contribution in [3.05, 3.63) is 29.8 Å². The van der Waals surface area contributed by atoms with E-state index in [-0.39, 0.29) is 0 Å². The second-order valence-electron chi connectivity index (χ2n) is 8.14. The van der Waals surface area contributed by atoms with Crippen LogP contribution in [0.1, 0.15) is 38.2 Å². The van der Waals surface area contributed by atoms with Crippen molar-refractivity contribution in [2.45, 2.75) is 45.3 Å². The van der Waals surface area contributed by atoms with Crippen LogP contribution in [0.3, 0.4) is 0 Å². The molecule has 1 aliphatic carbocycles. The van der Waals surface area contributed by atoms with Crippen LogP contribution in [0.4, 0.5) is 5.82 Å². The van der Waals surface area contributed by atoms with Crippen molar-refractivity contribution in [1.82, 2.24) is 19.9 Å². The Morgan fingerprint density at radius 2 is 2.08 bits per heavy atom. The summed E-state index contributed by atoms with van der Waals surface area (Å²) in [6.45, 7) is 7.65. The first kappa shape index (κ1) is 16.5. The molecule has 2 fully saturated rings. The van der Waals surface area contributed by atoms with Gasteiger partial charge in [0.25, 0.3) is 0 Å². The van der Waals surface area contributed by atoms with Crippen LogP contribution in [0.15, 0.2) is 18.3 Å². The van der Waals surface area contributed by atoms with E-state index in [0.29, 0.717) is 17.3 Å². The zero-order valence-corrected chi connectivity index (χ0v) is 15.4. The van der Waals surface area contributed by atoms with Crippen LogP contribution in [0, 0.1) is 12.3 Å². The molecule has 3 N–H and O–H groups in total. The third kappa shape index (κ3) is 2.93. The summed E-state index contributed by atoms with van der Waals surface area (Å²) < 4.78 is 1.88. The fourth-order valence-corrected chi connectivity index (χ4v) is 3.95. The number of imidazole rings is 1. The van der Waals surface area contributed by atoms with Crippen molar-refractivity contribution in [3.8, 4) is 11.3 Å². The minimum absolute atomic E-state index is 0.455. The van der Waals surface area contributed by atoms with Gasteiger partial charge in [-0.3, -0.25) is 0 Å². The molecule has 1 saturated carbocycles. The fourth-order valence-electron chi connectivity index (χ4n) is 3.95. The minimum Gasteiger partial charge on any atom is -0.383 e. The number of anilines is 1. The predicted molar refractivity (Wildman–Crippen MR) is 98.4 cm³/mol. The molecule has 3 heterocycles. The maximum atomic E-state index is 10.2. The molecule has 0 amide bonds. The van der Waals surface area contributed by atoms with Gasteiger partial charge < -0.3 is 20.3 Å². The van der Waals surface area contributed by atoms with E-state index >= 15 is 0 Å². The van der Waals surface area contributed by atoms with E-state index in [9.17, 15) is 5.11 Å². The molecule has 0 radical (unpaired) electrons. The Morgan fingerprint density at radius 3 is 2.68 bits per heavy atom. The highest BCUT2D eigenvalue weighted by Gasteiger charge is 2.52. The molecule has 0 bridgehead atoms. The topological polar surface area (TPSA) is 75.0 Å². The van der Waals surface area contributed by atoms with Crippen LogP contribution < -0.4 is 10.6 Å². The number of nitrogens with one attached hydrogen (secondary N) is 2. The van der Waals surface area contributed by atoms with E-state index in [1.54, 1.807) is 13.8 Å². The van der Waals surface area contributed by atoms with Crippen molar-refractivity contribution in [1.29, 1.82) is 0 Å². The molecule has 2 aromatic rings. The van der Waals surface area contributed by atoms with E-state index < -0.39 is 5.60 Å². The third-order valence-electron chi connectivity index (χ3n) is 5.56. The maximum absolute atomic E-state index is 10.2. The fraction of sp³-hybridized carbons (Fsp3) is 0.579. The van der Waals surface area contributed by atoms with Gasteiger partial charge >= 0.3 is 0 Å². The average Bonchev–Trinajstić information content (AvgIpc) is 3.04. The lowest BCUT2D eigenvalue weighted by molar-refractivity contribution is 0.0659. The number of aryl methyl sites for hydroxylation is 2. The molecule has 134 valence electrons. The number of pyridine rings is 1. The quantitative estimate of drug-likeness (QED) is 0.795. The molecule has 6 nitrogen and oxygen atoms in total.